The van der Waals surface area contributed by atoms with Crippen molar-refractivity contribution >= 4 is 16.8 Å². The second-order valence-corrected chi connectivity index (χ2v) is 8.26. The average molecular weight is 440 g/mol. The Morgan fingerprint density at radius 2 is 1.73 bits per heavy atom. The molecule has 0 spiro atoms. The van der Waals surface area contributed by atoms with Crippen molar-refractivity contribution in [2.24, 2.45) is 0 Å². The zero-order valence-electron chi connectivity index (χ0n) is 19.0. The summed E-state index contributed by atoms with van der Waals surface area (Å²) < 4.78 is 6.93. The minimum absolute atomic E-state index is 0.0269. The van der Waals surface area contributed by atoms with Crippen LogP contribution in [0.4, 0.5) is 0 Å². The molecule has 6 nitrogen and oxygen atoms in total. The Balaban J connectivity index is 1.90. The number of aromatic nitrogens is 1. The molecule has 0 aliphatic heterocycles. The molecule has 2 aromatic carbocycles. The molecule has 4 aromatic rings. The number of nitriles is 1. The predicted octanol–water partition coefficient (Wildman–Crippen LogP) is 4.94. The third-order valence-corrected chi connectivity index (χ3v) is 6.10. The van der Waals surface area contributed by atoms with Crippen molar-refractivity contribution in [3.8, 4) is 11.9 Å². The van der Waals surface area contributed by atoms with Crippen LogP contribution in [0.2, 0.25) is 0 Å². The summed E-state index contributed by atoms with van der Waals surface area (Å²) in [6, 6.07) is 15.1. The Bertz CT molecular complexity index is 1500. The summed E-state index contributed by atoms with van der Waals surface area (Å²) in [6.45, 7) is 7.31. The van der Waals surface area contributed by atoms with E-state index in [-0.39, 0.29) is 29.0 Å². The highest BCUT2D eigenvalue weighted by Crippen LogP contribution is 2.32. The molecule has 0 bridgehead atoms. The molecule has 0 amide bonds. The Morgan fingerprint density at radius 1 is 1.06 bits per heavy atom. The number of carbonyl (C=O) groups is 1. The van der Waals surface area contributed by atoms with E-state index in [1.807, 2.05) is 62.4 Å². The number of pyridine rings is 1. The van der Waals surface area contributed by atoms with Crippen LogP contribution in [0.5, 0.6) is 5.88 Å². The SMILES string of the molecule is CCc1ccc2oc(C(=O)c3c(C)c(C#N)c(=O)n(Cc4ccc(C)cc4)c3O)c(C)c2c1. The van der Waals surface area contributed by atoms with Gasteiger partial charge in [0.15, 0.2) is 5.76 Å². The van der Waals surface area contributed by atoms with Crippen LogP contribution in [0, 0.1) is 32.1 Å². The molecule has 0 atom stereocenters. The molecule has 0 aliphatic carbocycles. The molecule has 0 radical (unpaired) electrons. The van der Waals surface area contributed by atoms with Gasteiger partial charge >= 0.3 is 0 Å². The summed E-state index contributed by atoms with van der Waals surface area (Å²) in [4.78, 5) is 26.5. The zero-order chi connectivity index (χ0) is 23.9. The monoisotopic (exact) mass is 440 g/mol. The Labute approximate surface area is 191 Å². The number of benzene rings is 2. The van der Waals surface area contributed by atoms with Crippen molar-refractivity contribution in [3.63, 3.8) is 0 Å². The van der Waals surface area contributed by atoms with Crippen LogP contribution in [-0.2, 0) is 13.0 Å². The molecule has 1 N–H and O–H groups in total. The van der Waals surface area contributed by atoms with E-state index < -0.39 is 17.2 Å². The van der Waals surface area contributed by atoms with Crippen molar-refractivity contribution in [2.45, 2.75) is 40.7 Å². The van der Waals surface area contributed by atoms with Gasteiger partial charge in [0.25, 0.3) is 5.56 Å². The third-order valence-electron chi connectivity index (χ3n) is 6.10. The molecular formula is C27H24N2O4. The zero-order valence-corrected chi connectivity index (χ0v) is 19.0. The quantitative estimate of drug-likeness (QED) is 0.444. The Morgan fingerprint density at radius 3 is 2.36 bits per heavy atom. The summed E-state index contributed by atoms with van der Waals surface area (Å²) in [5, 5.41) is 21.5. The van der Waals surface area contributed by atoms with E-state index in [0.29, 0.717) is 11.1 Å². The minimum Gasteiger partial charge on any atom is -0.494 e. The highest BCUT2D eigenvalue weighted by atomic mass is 16.3. The van der Waals surface area contributed by atoms with Gasteiger partial charge in [-0.05, 0) is 56.0 Å². The van der Waals surface area contributed by atoms with E-state index in [1.165, 1.54) is 6.92 Å². The third kappa shape index (κ3) is 3.72. The number of aryl methyl sites for hydroxylation is 3. The van der Waals surface area contributed by atoms with Gasteiger partial charge in [-0.3, -0.25) is 14.2 Å². The molecule has 4 rings (SSSR count). The molecule has 0 unspecified atom stereocenters. The first kappa shape index (κ1) is 22.1. The first-order valence-electron chi connectivity index (χ1n) is 10.8. The molecule has 2 heterocycles. The smallest absolute Gasteiger partial charge is 0.271 e. The molecule has 6 heteroatoms. The van der Waals surface area contributed by atoms with E-state index in [4.69, 9.17) is 4.42 Å². The number of carbonyl (C=O) groups excluding carboxylic acids is 1. The van der Waals surface area contributed by atoms with Gasteiger partial charge in [0.2, 0.25) is 11.7 Å². The van der Waals surface area contributed by atoms with Gasteiger partial charge in [-0.2, -0.15) is 5.26 Å². The minimum atomic E-state index is -0.640. The molecule has 166 valence electrons. The van der Waals surface area contributed by atoms with Crippen LogP contribution < -0.4 is 5.56 Å². The lowest BCUT2D eigenvalue weighted by Gasteiger charge is -2.15. The highest BCUT2D eigenvalue weighted by molar-refractivity contribution is 6.12. The van der Waals surface area contributed by atoms with Gasteiger partial charge in [0.1, 0.15) is 17.2 Å². The van der Waals surface area contributed by atoms with Crippen LogP contribution in [0.1, 0.15) is 56.4 Å². The predicted molar refractivity (Wildman–Crippen MR) is 126 cm³/mol. The van der Waals surface area contributed by atoms with E-state index in [1.54, 1.807) is 6.92 Å². The fourth-order valence-corrected chi connectivity index (χ4v) is 4.06. The first-order chi connectivity index (χ1) is 15.8. The van der Waals surface area contributed by atoms with Crippen molar-refractivity contribution in [1.29, 1.82) is 5.26 Å². The van der Waals surface area contributed by atoms with Crippen LogP contribution in [0.3, 0.4) is 0 Å². The lowest BCUT2D eigenvalue weighted by atomic mass is 9.98. The molecule has 0 saturated carbocycles. The largest absolute Gasteiger partial charge is 0.494 e. The van der Waals surface area contributed by atoms with Crippen molar-refractivity contribution < 1.29 is 14.3 Å². The van der Waals surface area contributed by atoms with Gasteiger partial charge in [-0.25, -0.2) is 0 Å². The number of furan rings is 1. The standard InChI is InChI=1S/C27H24N2O4/c1-5-18-10-11-22-20(12-18)17(4)25(33-22)24(30)23-16(3)21(13-28)26(31)29(27(23)32)14-19-8-6-15(2)7-9-19/h6-12,32H,5,14H2,1-4H3. The maximum absolute atomic E-state index is 13.6. The average Bonchev–Trinajstić information content (AvgIpc) is 3.14. The summed E-state index contributed by atoms with van der Waals surface area (Å²) in [5.74, 6) is -0.955. The summed E-state index contributed by atoms with van der Waals surface area (Å²) >= 11 is 0. The number of fused-ring (bicyclic) bond motifs is 1. The molecule has 33 heavy (non-hydrogen) atoms. The van der Waals surface area contributed by atoms with Crippen molar-refractivity contribution in [3.05, 3.63) is 97.5 Å². The van der Waals surface area contributed by atoms with Gasteiger partial charge in [0.05, 0.1) is 12.1 Å². The maximum Gasteiger partial charge on any atom is 0.271 e. The number of ketones is 1. The number of nitrogens with zero attached hydrogens (tertiary/aromatic N) is 2. The van der Waals surface area contributed by atoms with Gasteiger partial charge in [0, 0.05) is 10.9 Å². The topological polar surface area (TPSA) is 96.2 Å². The summed E-state index contributed by atoms with van der Waals surface area (Å²) in [7, 11) is 0. The molecule has 0 aliphatic rings. The fourth-order valence-electron chi connectivity index (χ4n) is 4.06. The van der Waals surface area contributed by atoms with E-state index in [2.05, 4.69) is 0 Å². The fraction of sp³-hybridized carbons (Fsp3) is 0.222. The van der Waals surface area contributed by atoms with Gasteiger partial charge < -0.3 is 9.52 Å². The molecule has 2 aromatic heterocycles. The number of hydrogen-bond acceptors (Lipinski definition) is 5. The highest BCUT2D eigenvalue weighted by Gasteiger charge is 2.28. The van der Waals surface area contributed by atoms with Crippen LogP contribution >= 0.6 is 0 Å². The van der Waals surface area contributed by atoms with Crippen molar-refractivity contribution in [2.75, 3.05) is 0 Å². The number of hydrogen-bond donors (Lipinski definition) is 1. The normalized spacial score (nSPS) is 11.0. The van der Waals surface area contributed by atoms with Crippen LogP contribution in [-0.4, -0.2) is 15.5 Å². The summed E-state index contributed by atoms with van der Waals surface area (Å²) in [5.41, 5.74) is 3.37. The van der Waals surface area contributed by atoms with E-state index >= 15 is 0 Å². The molecule has 0 fully saturated rings. The molecular weight excluding hydrogens is 416 g/mol. The number of rotatable bonds is 5. The van der Waals surface area contributed by atoms with Crippen LogP contribution in [0.15, 0.2) is 51.7 Å². The van der Waals surface area contributed by atoms with E-state index in [9.17, 15) is 20.0 Å². The maximum atomic E-state index is 13.6. The Kier molecular flexibility index (Phi) is 5.65. The first-order valence-corrected chi connectivity index (χ1v) is 10.8. The van der Waals surface area contributed by atoms with Crippen molar-refractivity contribution in [1.82, 2.24) is 4.57 Å². The van der Waals surface area contributed by atoms with Gasteiger partial charge in [-0.1, -0.05) is 42.8 Å². The van der Waals surface area contributed by atoms with E-state index in [0.717, 1.165) is 33.1 Å². The number of aromatic hydroxyl groups is 1. The summed E-state index contributed by atoms with van der Waals surface area (Å²) in [6.07, 6.45) is 0.846. The van der Waals surface area contributed by atoms with Gasteiger partial charge in [-0.15, -0.1) is 0 Å². The van der Waals surface area contributed by atoms with Crippen LogP contribution in [0.25, 0.3) is 11.0 Å². The lowest BCUT2D eigenvalue weighted by Crippen LogP contribution is -2.27. The second kappa shape index (κ2) is 8.44. The Hall–Kier alpha value is -4.11. The molecule has 0 saturated heterocycles. The lowest BCUT2D eigenvalue weighted by molar-refractivity contribution is 0.101. The second-order valence-electron chi connectivity index (χ2n) is 8.26.